The first kappa shape index (κ1) is 23.0. The summed E-state index contributed by atoms with van der Waals surface area (Å²) in [6.45, 7) is 8.38. The predicted molar refractivity (Wildman–Crippen MR) is 115 cm³/mol. The van der Waals surface area contributed by atoms with Gasteiger partial charge in [0.15, 0.2) is 11.5 Å². The van der Waals surface area contributed by atoms with Gasteiger partial charge < -0.3 is 18.9 Å². The minimum Gasteiger partial charge on any atom is -0.488 e. The van der Waals surface area contributed by atoms with E-state index < -0.39 is 0 Å². The molecule has 2 rings (SSSR count). The summed E-state index contributed by atoms with van der Waals surface area (Å²) in [7, 11) is 0. The topological polar surface area (TPSA) is 36.9 Å². The standard InChI is InChI=1S/C21H35BrO4S/c1-3-5-7-9-11-23-14-21(15-24-12-10-8-6-4-2)16-25-18-13-27-20(22)19(18)26-17-21/h13H,3-12,14-17H2,1-2H3. The van der Waals surface area contributed by atoms with E-state index in [1.807, 2.05) is 5.38 Å². The van der Waals surface area contributed by atoms with E-state index in [2.05, 4.69) is 29.8 Å². The number of ether oxygens (including phenoxy) is 4. The number of thiophene rings is 1. The van der Waals surface area contributed by atoms with E-state index in [1.165, 1.54) is 38.5 Å². The fraction of sp³-hybridized carbons (Fsp3) is 0.810. The zero-order chi connectivity index (χ0) is 19.4. The molecule has 0 aliphatic carbocycles. The Morgan fingerprint density at radius 1 is 0.926 bits per heavy atom. The first-order chi connectivity index (χ1) is 13.2. The highest BCUT2D eigenvalue weighted by Crippen LogP contribution is 2.44. The van der Waals surface area contributed by atoms with Gasteiger partial charge in [-0.1, -0.05) is 52.4 Å². The molecule has 1 aromatic heterocycles. The predicted octanol–water partition coefficient (Wildman–Crippen LogP) is 6.46. The first-order valence-electron chi connectivity index (χ1n) is 10.4. The number of unbranched alkanes of at least 4 members (excludes halogenated alkanes) is 6. The summed E-state index contributed by atoms with van der Waals surface area (Å²) in [4.78, 5) is 0. The second kappa shape index (κ2) is 13.0. The van der Waals surface area contributed by atoms with Crippen LogP contribution in [0.5, 0.6) is 11.5 Å². The molecule has 0 fully saturated rings. The molecule has 1 aromatic rings. The molecule has 0 saturated carbocycles. The monoisotopic (exact) mass is 462 g/mol. The van der Waals surface area contributed by atoms with Crippen LogP contribution in [0, 0.1) is 5.41 Å². The van der Waals surface area contributed by atoms with Gasteiger partial charge in [-0.3, -0.25) is 0 Å². The van der Waals surface area contributed by atoms with Crippen LogP contribution in [-0.4, -0.2) is 39.6 Å². The van der Waals surface area contributed by atoms with Crippen molar-refractivity contribution in [3.05, 3.63) is 9.17 Å². The van der Waals surface area contributed by atoms with Crippen LogP contribution in [0.2, 0.25) is 0 Å². The molecule has 27 heavy (non-hydrogen) atoms. The lowest BCUT2D eigenvalue weighted by Crippen LogP contribution is -2.42. The molecule has 156 valence electrons. The Labute approximate surface area is 177 Å². The van der Waals surface area contributed by atoms with Gasteiger partial charge in [0.2, 0.25) is 0 Å². The molecule has 1 aliphatic rings. The van der Waals surface area contributed by atoms with Gasteiger partial charge in [-0.2, -0.15) is 0 Å². The lowest BCUT2D eigenvalue weighted by atomic mass is 9.92. The van der Waals surface area contributed by atoms with Crippen molar-refractivity contribution in [1.82, 2.24) is 0 Å². The Morgan fingerprint density at radius 3 is 2.11 bits per heavy atom. The van der Waals surface area contributed by atoms with Gasteiger partial charge in [-0.05, 0) is 28.8 Å². The van der Waals surface area contributed by atoms with Crippen LogP contribution in [0.4, 0.5) is 0 Å². The third-order valence-electron chi connectivity index (χ3n) is 4.83. The summed E-state index contributed by atoms with van der Waals surface area (Å²) < 4.78 is 25.2. The second-order valence-corrected chi connectivity index (χ2v) is 9.70. The molecule has 2 heterocycles. The minimum absolute atomic E-state index is 0.258. The summed E-state index contributed by atoms with van der Waals surface area (Å²) in [6.07, 6.45) is 9.72. The van der Waals surface area contributed by atoms with Crippen molar-refractivity contribution >= 4 is 27.3 Å². The van der Waals surface area contributed by atoms with Crippen LogP contribution in [0.15, 0.2) is 9.17 Å². The van der Waals surface area contributed by atoms with Crippen molar-refractivity contribution in [2.45, 2.75) is 65.2 Å². The van der Waals surface area contributed by atoms with Crippen molar-refractivity contribution in [3.8, 4) is 11.5 Å². The van der Waals surface area contributed by atoms with Crippen LogP contribution in [0.25, 0.3) is 0 Å². The number of halogens is 1. The minimum atomic E-state index is -0.258. The van der Waals surface area contributed by atoms with E-state index in [-0.39, 0.29) is 5.41 Å². The van der Waals surface area contributed by atoms with Gasteiger partial charge >= 0.3 is 0 Å². The Kier molecular flexibility index (Phi) is 11.1. The van der Waals surface area contributed by atoms with Crippen LogP contribution < -0.4 is 9.47 Å². The van der Waals surface area contributed by atoms with Gasteiger partial charge in [-0.15, -0.1) is 11.3 Å². The maximum absolute atomic E-state index is 6.10. The zero-order valence-electron chi connectivity index (χ0n) is 16.9. The lowest BCUT2D eigenvalue weighted by molar-refractivity contribution is -0.0606. The Bertz CT molecular complexity index is 504. The Morgan fingerprint density at radius 2 is 1.52 bits per heavy atom. The average molecular weight is 463 g/mol. The van der Waals surface area contributed by atoms with Gasteiger partial charge in [0.25, 0.3) is 0 Å². The molecule has 6 heteroatoms. The van der Waals surface area contributed by atoms with E-state index in [4.69, 9.17) is 18.9 Å². The smallest absolute Gasteiger partial charge is 0.186 e. The summed E-state index contributed by atoms with van der Waals surface area (Å²) in [5.41, 5.74) is -0.258. The van der Waals surface area contributed by atoms with Gasteiger partial charge in [0.05, 0.1) is 18.6 Å². The molecule has 0 saturated heterocycles. The number of hydrogen-bond acceptors (Lipinski definition) is 5. The zero-order valence-corrected chi connectivity index (χ0v) is 19.3. The second-order valence-electron chi connectivity index (χ2n) is 7.51. The van der Waals surface area contributed by atoms with Gasteiger partial charge in [0.1, 0.15) is 17.0 Å². The van der Waals surface area contributed by atoms with Gasteiger partial charge in [0, 0.05) is 18.6 Å². The van der Waals surface area contributed by atoms with Crippen molar-refractivity contribution in [1.29, 1.82) is 0 Å². The molecule has 0 spiro atoms. The molecular weight excluding hydrogens is 428 g/mol. The fourth-order valence-electron chi connectivity index (χ4n) is 3.08. The largest absolute Gasteiger partial charge is 0.488 e. The van der Waals surface area contributed by atoms with E-state index in [0.29, 0.717) is 26.4 Å². The lowest BCUT2D eigenvalue weighted by Gasteiger charge is -2.30. The van der Waals surface area contributed by atoms with Crippen LogP contribution >= 0.6 is 27.3 Å². The SMILES string of the molecule is CCCCCCOCC1(COCCCCCC)COc2csc(Br)c2OC1. The normalized spacial score (nSPS) is 15.7. The molecule has 0 bridgehead atoms. The highest BCUT2D eigenvalue weighted by Gasteiger charge is 2.37. The molecule has 0 N–H and O–H groups in total. The quantitative estimate of drug-likeness (QED) is 0.297. The van der Waals surface area contributed by atoms with Crippen LogP contribution in [0.1, 0.15) is 65.2 Å². The molecule has 0 aromatic carbocycles. The number of rotatable bonds is 14. The number of fused-ring (bicyclic) bond motifs is 1. The third kappa shape index (κ3) is 7.92. The number of hydrogen-bond donors (Lipinski definition) is 0. The third-order valence-corrected chi connectivity index (χ3v) is 6.47. The first-order valence-corrected chi connectivity index (χ1v) is 12.1. The summed E-state index contributed by atoms with van der Waals surface area (Å²) in [6, 6.07) is 0. The van der Waals surface area contributed by atoms with E-state index >= 15 is 0 Å². The Balaban J connectivity index is 1.84. The highest BCUT2D eigenvalue weighted by atomic mass is 79.9. The molecule has 4 nitrogen and oxygen atoms in total. The van der Waals surface area contributed by atoms with Gasteiger partial charge in [-0.25, -0.2) is 0 Å². The van der Waals surface area contributed by atoms with Crippen molar-refractivity contribution in [2.75, 3.05) is 39.6 Å². The molecule has 1 aliphatic heterocycles. The van der Waals surface area contributed by atoms with E-state index in [1.54, 1.807) is 11.3 Å². The molecule has 0 unspecified atom stereocenters. The maximum Gasteiger partial charge on any atom is 0.186 e. The van der Waals surface area contributed by atoms with Crippen molar-refractivity contribution < 1.29 is 18.9 Å². The van der Waals surface area contributed by atoms with Crippen molar-refractivity contribution in [2.24, 2.45) is 5.41 Å². The molecule has 0 amide bonds. The molecule has 0 atom stereocenters. The van der Waals surface area contributed by atoms with E-state index in [0.717, 1.165) is 41.3 Å². The summed E-state index contributed by atoms with van der Waals surface area (Å²) in [5, 5.41) is 1.99. The van der Waals surface area contributed by atoms with Crippen LogP contribution in [0.3, 0.4) is 0 Å². The average Bonchev–Trinajstić information content (AvgIpc) is 2.92. The molecule has 0 radical (unpaired) electrons. The highest BCUT2D eigenvalue weighted by molar-refractivity contribution is 9.11. The Hall–Kier alpha value is -0.300. The maximum atomic E-state index is 6.10. The van der Waals surface area contributed by atoms with Crippen molar-refractivity contribution in [3.63, 3.8) is 0 Å². The van der Waals surface area contributed by atoms with E-state index in [9.17, 15) is 0 Å². The summed E-state index contributed by atoms with van der Waals surface area (Å²) >= 11 is 5.14. The molecular formula is C21H35BrO4S. The van der Waals surface area contributed by atoms with Crippen LogP contribution in [-0.2, 0) is 9.47 Å². The summed E-state index contributed by atoms with van der Waals surface area (Å²) in [5.74, 6) is 1.63. The fourth-order valence-corrected chi connectivity index (χ4v) is 4.32.